The van der Waals surface area contributed by atoms with Gasteiger partial charge in [-0.2, -0.15) is 20.2 Å². The van der Waals surface area contributed by atoms with Crippen LogP contribution in [0.4, 0.5) is 0 Å². The Morgan fingerprint density at radius 1 is 1.18 bits per heavy atom. The molecule has 22 heavy (non-hydrogen) atoms. The lowest BCUT2D eigenvalue weighted by Crippen LogP contribution is -2.37. The van der Waals surface area contributed by atoms with Crippen LogP contribution < -0.4 is 16.0 Å². The van der Waals surface area contributed by atoms with E-state index < -0.39 is 10.2 Å². The molecule has 0 radical (unpaired) electrons. The number of amidine groups is 2. The average Bonchev–Trinajstić information content (AvgIpc) is 3.02. The predicted octanol–water partition coefficient (Wildman–Crippen LogP) is 0.0966. The first-order chi connectivity index (χ1) is 10.5. The zero-order valence-corrected chi connectivity index (χ0v) is 14.1. The summed E-state index contributed by atoms with van der Waals surface area (Å²) in [6.45, 7) is 1.30. The van der Waals surface area contributed by atoms with Crippen LogP contribution in [0, 0.1) is 0 Å². The second-order valence-corrected chi connectivity index (χ2v) is 6.82. The van der Waals surface area contributed by atoms with Crippen molar-refractivity contribution in [2.45, 2.75) is 12.3 Å². The Balaban J connectivity index is 1.70. The number of nitrogens with zero attached hydrogens (tertiary/aromatic N) is 2. The van der Waals surface area contributed by atoms with Crippen LogP contribution in [-0.2, 0) is 22.5 Å². The van der Waals surface area contributed by atoms with Crippen LogP contribution in [0.2, 0.25) is 0 Å². The van der Waals surface area contributed by atoms with Crippen LogP contribution in [0.15, 0.2) is 25.3 Å². The van der Waals surface area contributed by atoms with Gasteiger partial charge in [-0.05, 0) is 19.2 Å². The highest BCUT2D eigenvalue weighted by Crippen LogP contribution is 2.15. The van der Waals surface area contributed by atoms with E-state index in [-0.39, 0.29) is 11.7 Å². The summed E-state index contributed by atoms with van der Waals surface area (Å²) < 4.78 is 35.2. The molecule has 0 atom stereocenters. The monoisotopic (exact) mass is 345 g/mol. The lowest BCUT2D eigenvalue weighted by Gasteiger charge is -2.06. The van der Waals surface area contributed by atoms with Crippen molar-refractivity contribution in [3.05, 3.63) is 23.7 Å². The second kappa shape index (κ2) is 7.65. The van der Waals surface area contributed by atoms with Crippen molar-refractivity contribution < 1.29 is 12.8 Å². The fourth-order valence-corrected chi connectivity index (χ4v) is 3.38. The van der Waals surface area contributed by atoms with E-state index in [1.165, 1.54) is 0 Å². The van der Waals surface area contributed by atoms with Crippen LogP contribution in [0.5, 0.6) is 0 Å². The lowest BCUT2D eigenvalue weighted by atomic mass is 10.4. The van der Waals surface area contributed by atoms with Crippen LogP contribution in [0.3, 0.4) is 0 Å². The van der Waals surface area contributed by atoms with E-state index in [2.05, 4.69) is 24.7 Å². The number of nitrogens with one attached hydrogen (secondary N) is 3. The van der Waals surface area contributed by atoms with Crippen molar-refractivity contribution >= 4 is 33.6 Å². The van der Waals surface area contributed by atoms with E-state index >= 15 is 0 Å². The Morgan fingerprint density at radius 3 is 2.64 bits per heavy atom. The van der Waals surface area contributed by atoms with E-state index in [0.29, 0.717) is 13.1 Å². The van der Waals surface area contributed by atoms with Crippen molar-refractivity contribution in [1.29, 1.82) is 0 Å². The molecule has 8 nitrogen and oxygen atoms in total. The highest BCUT2D eigenvalue weighted by atomic mass is 32.2. The van der Waals surface area contributed by atoms with Gasteiger partial charge in [-0.15, -0.1) is 8.80 Å². The third-order valence-electron chi connectivity index (χ3n) is 2.73. The summed E-state index contributed by atoms with van der Waals surface area (Å²) in [7, 11) is -0.247. The SMILES string of the molecule is CNCc1ccc(CSCCNC2=NS(=O)(=O)N=C2NC)o1. The number of hydrogen-bond donors (Lipinski definition) is 3. The zero-order chi connectivity index (χ0) is 16.0. The van der Waals surface area contributed by atoms with Crippen LogP contribution in [-0.4, -0.2) is 46.5 Å². The van der Waals surface area contributed by atoms with Crippen molar-refractivity contribution in [2.24, 2.45) is 8.80 Å². The molecule has 0 aliphatic carbocycles. The van der Waals surface area contributed by atoms with Crippen molar-refractivity contribution in [1.82, 2.24) is 16.0 Å². The molecule has 0 bridgehead atoms. The molecule has 0 unspecified atom stereocenters. The summed E-state index contributed by atoms with van der Waals surface area (Å²) in [6.07, 6.45) is 0. The van der Waals surface area contributed by atoms with Gasteiger partial charge in [0.1, 0.15) is 11.5 Å². The number of thioether (sulfide) groups is 1. The van der Waals surface area contributed by atoms with E-state index in [1.807, 2.05) is 19.2 Å². The van der Waals surface area contributed by atoms with Gasteiger partial charge in [-0.3, -0.25) is 0 Å². The quantitative estimate of drug-likeness (QED) is 0.601. The van der Waals surface area contributed by atoms with Gasteiger partial charge in [0.15, 0.2) is 11.7 Å². The third-order valence-corrected chi connectivity index (χ3v) is 4.53. The highest BCUT2D eigenvalue weighted by molar-refractivity contribution is 7.98. The smallest absolute Gasteiger partial charge is 0.367 e. The minimum absolute atomic E-state index is 0.243. The fraction of sp³-hybridized carbons (Fsp3) is 0.500. The molecule has 0 fully saturated rings. The predicted molar refractivity (Wildman–Crippen MR) is 88.5 cm³/mol. The Kier molecular flexibility index (Phi) is 5.86. The first-order valence-corrected chi connectivity index (χ1v) is 9.26. The average molecular weight is 345 g/mol. The minimum atomic E-state index is -3.72. The molecule has 0 saturated heterocycles. The maximum Gasteiger partial charge on any atom is 0.367 e. The molecule has 1 aromatic rings. The third kappa shape index (κ3) is 4.75. The molecule has 1 aliphatic rings. The van der Waals surface area contributed by atoms with Gasteiger partial charge in [0, 0.05) is 19.3 Å². The number of furan rings is 1. The lowest BCUT2D eigenvalue weighted by molar-refractivity contribution is 0.469. The molecule has 122 valence electrons. The van der Waals surface area contributed by atoms with Crippen LogP contribution in [0.25, 0.3) is 0 Å². The van der Waals surface area contributed by atoms with Gasteiger partial charge in [0.05, 0.1) is 12.3 Å². The van der Waals surface area contributed by atoms with Crippen LogP contribution >= 0.6 is 11.8 Å². The van der Waals surface area contributed by atoms with E-state index in [0.717, 1.165) is 23.0 Å². The molecule has 0 aromatic carbocycles. The standard InChI is InChI=1S/C12H19N5O3S2/c1-13-7-9-3-4-10(20-9)8-21-6-5-15-12-11(14-2)16-22(18,19)17-12/h3-4,13H,5-8H2,1-2H3,(H,14,16)(H,15,17). The van der Waals surface area contributed by atoms with Gasteiger partial charge in [-0.1, -0.05) is 0 Å². The highest BCUT2D eigenvalue weighted by Gasteiger charge is 2.22. The Hall–Kier alpha value is -1.52. The summed E-state index contributed by atoms with van der Waals surface area (Å²) in [5.74, 6) is 3.90. The van der Waals surface area contributed by atoms with E-state index in [9.17, 15) is 8.42 Å². The summed E-state index contributed by atoms with van der Waals surface area (Å²) in [5.41, 5.74) is 0. The fourth-order valence-electron chi connectivity index (χ4n) is 1.80. The molecule has 0 amide bonds. The van der Waals surface area contributed by atoms with Gasteiger partial charge in [0.2, 0.25) is 0 Å². The first-order valence-electron chi connectivity index (χ1n) is 6.71. The number of rotatable bonds is 7. The molecular weight excluding hydrogens is 326 g/mol. The number of hydrogen-bond acceptors (Lipinski definition) is 7. The van der Waals surface area contributed by atoms with E-state index in [4.69, 9.17) is 4.42 Å². The van der Waals surface area contributed by atoms with Gasteiger partial charge >= 0.3 is 10.2 Å². The maximum absolute atomic E-state index is 11.3. The second-order valence-electron chi connectivity index (χ2n) is 4.46. The zero-order valence-electron chi connectivity index (χ0n) is 12.4. The Morgan fingerprint density at radius 2 is 1.91 bits per heavy atom. The minimum Gasteiger partial charge on any atom is -0.464 e. The van der Waals surface area contributed by atoms with Gasteiger partial charge < -0.3 is 20.4 Å². The Labute approximate surface area is 134 Å². The molecule has 0 saturated carbocycles. The van der Waals surface area contributed by atoms with E-state index in [1.54, 1.807) is 18.8 Å². The largest absolute Gasteiger partial charge is 0.464 e. The molecule has 1 aliphatic heterocycles. The van der Waals surface area contributed by atoms with Crippen molar-refractivity contribution in [3.8, 4) is 0 Å². The van der Waals surface area contributed by atoms with Gasteiger partial charge in [-0.25, -0.2) is 0 Å². The Bertz CT molecular complexity index is 666. The summed E-state index contributed by atoms with van der Waals surface area (Å²) in [5, 5.41) is 8.70. The summed E-state index contributed by atoms with van der Waals surface area (Å²) in [4.78, 5) is 0. The topological polar surface area (TPSA) is 108 Å². The van der Waals surface area contributed by atoms with Gasteiger partial charge in [0.25, 0.3) is 0 Å². The molecule has 0 spiro atoms. The summed E-state index contributed by atoms with van der Waals surface area (Å²) in [6, 6.07) is 3.92. The van der Waals surface area contributed by atoms with Crippen LogP contribution in [0.1, 0.15) is 11.5 Å². The molecule has 2 heterocycles. The normalized spacial score (nSPS) is 16.3. The molecule has 2 rings (SSSR count). The van der Waals surface area contributed by atoms with Crippen molar-refractivity contribution in [2.75, 3.05) is 26.4 Å². The molecule has 10 heteroatoms. The molecule has 3 N–H and O–H groups in total. The van der Waals surface area contributed by atoms with Crippen molar-refractivity contribution in [3.63, 3.8) is 0 Å². The maximum atomic E-state index is 11.3. The molecular formula is C12H19N5O3S2. The molecule has 1 aromatic heterocycles. The summed E-state index contributed by atoms with van der Waals surface area (Å²) >= 11 is 1.69. The number of likely N-dealkylation sites (N-methyl/N-ethyl adjacent to an activating group) is 1. The first kappa shape index (κ1) is 16.8.